The van der Waals surface area contributed by atoms with Gasteiger partial charge in [0.05, 0.1) is 10.5 Å². The summed E-state index contributed by atoms with van der Waals surface area (Å²) in [4.78, 5) is 4.53. The Labute approximate surface area is 105 Å². The summed E-state index contributed by atoms with van der Waals surface area (Å²) in [5, 5.41) is 1.77. The molecule has 0 radical (unpaired) electrons. The van der Waals surface area contributed by atoms with Crippen LogP contribution in [0.4, 0.5) is 0 Å². The van der Waals surface area contributed by atoms with E-state index in [9.17, 15) is 0 Å². The maximum absolute atomic E-state index is 6.37. The third-order valence-corrected chi connectivity index (χ3v) is 3.15. The van der Waals surface area contributed by atoms with E-state index in [1.165, 1.54) is 5.54 Å². The van der Waals surface area contributed by atoms with E-state index in [0.29, 0.717) is 6.42 Å². The van der Waals surface area contributed by atoms with Gasteiger partial charge in [0.15, 0.2) is 0 Å². The Morgan fingerprint density at radius 3 is 2.81 bits per heavy atom. The molecule has 3 heteroatoms. The Morgan fingerprint density at radius 1 is 1.31 bits per heavy atom. The fourth-order valence-electron chi connectivity index (χ4n) is 1.73. The Balaban J connectivity index is 2.65. The van der Waals surface area contributed by atoms with E-state index in [2.05, 4.69) is 4.98 Å². The zero-order valence-electron chi connectivity index (χ0n) is 8.87. The molecule has 2 aromatic rings. The van der Waals surface area contributed by atoms with Gasteiger partial charge in [-0.05, 0) is 25.0 Å². The van der Waals surface area contributed by atoms with E-state index in [4.69, 9.17) is 23.2 Å². The lowest BCUT2D eigenvalue weighted by Crippen LogP contribution is -1.94. The van der Waals surface area contributed by atoms with Gasteiger partial charge in [-0.2, -0.15) is 0 Å². The highest BCUT2D eigenvalue weighted by molar-refractivity contribution is 6.36. The van der Waals surface area contributed by atoms with Crippen LogP contribution in [-0.2, 0) is 6.42 Å². The number of pyridine rings is 1. The monoisotopic (exact) mass is 251 g/mol. The van der Waals surface area contributed by atoms with Gasteiger partial charge in [-0.15, -0.1) is 0 Å². The number of benzene rings is 1. The van der Waals surface area contributed by atoms with Crippen molar-refractivity contribution in [2.45, 2.75) is 13.3 Å². The first-order valence-electron chi connectivity index (χ1n) is 5.03. The first-order chi connectivity index (χ1) is 7.74. The van der Waals surface area contributed by atoms with Crippen LogP contribution in [0.5, 0.6) is 0 Å². The molecule has 2 rings (SSSR count). The number of aromatic nitrogens is 1. The summed E-state index contributed by atoms with van der Waals surface area (Å²) in [5.74, 6) is 0. The summed E-state index contributed by atoms with van der Waals surface area (Å²) < 4.78 is 0. The van der Waals surface area contributed by atoms with Crippen LogP contribution < -0.4 is 0 Å². The number of fused-ring (bicyclic) bond motifs is 1. The van der Waals surface area contributed by atoms with Crippen molar-refractivity contribution >= 4 is 34.1 Å². The van der Waals surface area contributed by atoms with Crippen molar-refractivity contribution in [1.29, 1.82) is 0 Å². The maximum Gasteiger partial charge on any atom is 0.0720 e. The van der Waals surface area contributed by atoms with Crippen molar-refractivity contribution in [3.05, 3.63) is 52.2 Å². The number of allylic oxidation sites excluding steroid dienone is 1. The molecule has 0 amide bonds. The minimum absolute atomic E-state index is 0.714. The zero-order valence-corrected chi connectivity index (χ0v) is 10.4. The molecular formula is C13H11Cl2N. The summed E-state index contributed by atoms with van der Waals surface area (Å²) in [6.45, 7) is 1.97. The van der Waals surface area contributed by atoms with Crippen LogP contribution in [0.1, 0.15) is 11.3 Å². The number of nitrogens with zero attached hydrogens (tertiary/aromatic N) is 1. The van der Waals surface area contributed by atoms with Gasteiger partial charge >= 0.3 is 0 Å². The smallest absolute Gasteiger partial charge is 0.0720 e. The molecule has 0 N–H and O–H groups in total. The number of aryl methyl sites for hydroxylation is 1. The lowest BCUT2D eigenvalue weighted by Gasteiger charge is -2.08. The van der Waals surface area contributed by atoms with Gasteiger partial charge in [0.25, 0.3) is 0 Å². The molecule has 0 atom stereocenters. The van der Waals surface area contributed by atoms with Crippen LogP contribution in [0.2, 0.25) is 5.02 Å². The fraction of sp³-hybridized carbons (Fsp3) is 0.154. The predicted molar refractivity (Wildman–Crippen MR) is 70.2 cm³/mol. The van der Waals surface area contributed by atoms with Gasteiger partial charge in [0.1, 0.15) is 0 Å². The summed E-state index contributed by atoms with van der Waals surface area (Å²) >= 11 is 11.9. The average Bonchev–Trinajstić information content (AvgIpc) is 2.29. The maximum atomic E-state index is 6.37. The topological polar surface area (TPSA) is 12.9 Å². The quantitative estimate of drug-likeness (QED) is 0.767. The van der Waals surface area contributed by atoms with Crippen LogP contribution in [-0.4, -0.2) is 4.98 Å². The number of rotatable bonds is 2. The van der Waals surface area contributed by atoms with E-state index in [0.717, 1.165) is 27.2 Å². The lowest BCUT2D eigenvalue weighted by atomic mass is 10.1. The molecule has 0 fully saturated rings. The minimum Gasteiger partial charge on any atom is -0.253 e. The van der Waals surface area contributed by atoms with Crippen LogP contribution in [0.15, 0.2) is 35.9 Å². The average molecular weight is 252 g/mol. The molecule has 1 heterocycles. The molecule has 82 valence electrons. The molecule has 0 aliphatic rings. The van der Waals surface area contributed by atoms with E-state index in [1.54, 1.807) is 0 Å². The van der Waals surface area contributed by atoms with Crippen molar-refractivity contribution < 1.29 is 0 Å². The van der Waals surface area contributed by atoms with Crippen molar-refractivity contribution in [3.63, 3.8) is 0 Å². The third-order valence-electron chi connectivity index (χ3n) is 2.54. The normalized spacial score (nSPS) is 11.4. The second kappa shape index (κ2) is 4.86. The number of para-hydroxylation sites is 1. The molecule has 0 saturated carbocycles. The molecular weight excluding hydrogens is 241 g/mol. The third kappa shape index (κ3) is 2.06. The van der Waals surface area contributed by atoms with Gasteiger partial charge in [-0.3, -0.25) is 4.98 Å². The molecule has 1 nitrogen and oxygen atoms in total. The van der Waals surface area contributed by atoms with Crippen molar-refractivity contribution in [3.8, 4) is 0 Å². The minimum atomic E-state index is 0.714. The van der Waals surface area contributed by atoms with Gasteiger partial charge in [0, 0.05) is 16.6 Å². The van der Waals surface area contributed by atoms with Crippen molar-refractivity contribution in [1.82, 2.24) is 4.98 Å². The highest BCUT2D eigenvalue weighted by atomic mass is 35.5. The Morgan fingerprint density at radius 2 is 2.06 bits per heavy atom. The second-order valence-electron chi connectivity index (χ2n) is 3.57. The molecule has 0 unspecified atom stereocenters. The lowest BCUT2D eigenvalue weighted by molar-refractivity contribution is 1.14. The fourth-order valence-corrected chi connectivity index (χ4v) is 2.19. The van der Waals surface area contributed by atoms with E-state index >= 15 is 0 Å². The Kier molecular flexibility index (Phi) is 3.47. The molecule has 0 spiro atoms. The first kappa shape index (κ1) is 11.4. The highest BCUT2D eigenvalue weighted by Crippen LogP contribution is 2.28. The molecule has 0 aliphatic carbocycles. The number of halogens is 2. The summed E-state index contributed by atoms with van der Waals surface area (Å²) in [5.41, 5.74) is 4.43. The number of hydrogen-bond donors (Lipinski definition) is 0. The predicted octanol–water partition coefficient (Wildman–Crippen LogP) is 4.49. The molecule has 16 heavy (non-hydrogen) atoms. The van der Waals surface area contributed by atoms with Gasteiger partial charge in [-0.1, -0.05) is 47.5 Å². The molecule has 1 aromatic carbocycles. The standard InChI is InChI=1S/C13H11Cl2N/c1-9-10(6-4-8-14)13(15)11-5-2-3-7-12(11)16-9/h2-5,7-8H,6H2,1H3/b8-4+. The van der Waals surface area contributed by atoms with Gasteiger partial charge in [-0.25, -0.2) is 0 Å². The summed E-state index contributed by atoms with van der Waals surface area (Å²) in [6.07, 6.45) is 2.58. The number of hydrogen-bond acceptors (Lipinski definition) is 1. The van der Waals surface area contributed by atoms with Crippen LogP contribution >= 0.6 is 23.2 Å². The zero-order chi connectivity index (χ0) is 11.5. The van der Waals surface area contributed by atoms with Crippen LogP contribution in [0.3, 0.4) is 0 Å². The Bertz CT molecular complexity index is 547. The van der Waals surface area contributed by atoms with Gasteiger partial charge in [0.2, 0.25) is 0 Å². The molecule has 0 aliphatic heterocycles. The molecule has 1 aromatic heterocycles. The summed E-state index contributed by atoms with van der Waals surface area (Å²) in [6, 6.07) is 7.88. The van der Waals surface area contributed by atoms with Crippen LogP contribution in [0, 0.1) is 6.92 Å². The first-order valence-corrected chi connectivity index (χ1v) is 5.84. The van der Waals surface area contributed by atoms with Crippen molar-refractivity contribution in [2.75, 3.05) is 0 Å². The van der Waals surface area contributed by atoms with Gasteiger partial charge < -0.3 is 0 Å². The SMILES string of the molecule is Cc1nc2ccccc2c(Cl)c1C/C=C/Cl. The largest absolute Gasteiger partial charge is 0.253 e. The van der Waals surface area contributed by atoms with Crippen molar-refractivity contribution in [2.24, 2.45) is 0 Å². The summed E-state index contributed by atoms with van der Waals surface area (Å²) in [7, 11) is 0. The Hall–Kier alpha value is -1.05. The van der Waals surface area contributed by atoms with Crippen LogP contribution in [0.25, 0.3) is 10.9 Å². The van der Waals surface area contributed by atoms with E-state index in [1.807, 2.05) is 37.3 Å². The molecule has 0 bridgehead atoms. The second-order valence-corrected chi connectivity index (χ2v) is 4.20. The van der Waals surface area contributed by atoms with E-state index < -0.39 is 0 Å². The van der Waals surface area contributed by atoms with E-state index in [-0.39, 0.29) is 0 Å². The molecule has 0 saturated heterocycles. The highest BCUT2D eigenvalue weighted by Gasteiger charge is 2.08.